The number of hydrogen-bond donors (Lipinski definition) is 1. The molecule has 0 aromatic heterocycles. The molecule has 1 aliphatic heterocycles. The second-order valence-corrected chi connectivity index (χ2v) is 6.91. The highest BCUT2D eigenvalue weighted by Gasteiger charge is 2.32. The van der Waals surface area contributed by atoms with Crippen molar-refractivity contribution in [2.24, 2.45) is 5.73 Å². The molecule has 0 bridgehead atoms. The molecule has 1 amide bonds. The normalized spacial score (nSPS) is 32.4. The van der Waals surface area contributed by atoms with E-state index < -0.39 is 0 Å². The molecule has 2 aliphatic rings. The Balaban J connectivity index is 1.95. The number of nitrogens with zero attached hydrogens (tertiary/aromatic N) is 1. The minimum absolute atomic E-state index is 0.243. The summed E-state index contributed by atoms with van der Waals surface area (Å²) in [7, 11) is 0. The van der Waals surface area contributed by atoms with Crippen LogP contribution in [0.4, 0.5) is 0 Å². The van der Waals surface area contributed by atoms with Gasteiger partial charge >= 0.3 is 0 Å². The monoisotopic (exact) mass is 270 g/mol. The SMILES string of the molecule is CCCN(C(=O)C1CCCS1)C1CCC(N)CC1. The summed E-state index contributed by atoms with van der Waals surface area (Å²) in [6.07, 6.45) is 7.71. The molecular weight excluding hydrogens is 244 g/mol. The quantitative estimate of drug-likeness (QED) is 0.853. The van der Waals surface area contributed by atoms with Crippen molar-refractivity contribution >= 4 is 17.7 Å². The Hall–Kier alpha value is -0.220. The van der Waals surface area contributed by atoms with Gasteiger partial charge in [0, 0.05) is 18.6 Å². The Bertz CT molecular complexity index is 271. The maximum atomic E-state index is 12.6. The molecule has 2 fully saturated rings. The molecule has 1 unspecified atom stereocenters. The molecule has 1 saturated carbocycles. The van der Waals surface area contributed by atoms with Crippen molar-refractivity contribution < 1.29 is 4.79 Å². The summed E-state index contributed by atoms with van der Waals surface area (Å²) < 4.78 is 0. The molecule has 1 saturated heterocycles. The van der Waals surface area contributed by atoms with Crippen molar-refractivity contribution in [1.29, 1.82) is 0 Å². The Labute approximate surface area is 115 Å². The average molecular weight is 270 g/mol. The number of rotatable bonds is 4. The van der Waals surface area contributed by atoms with Crippen LogP contribution in [0.15, 0.2) is 0 Å². The first kappa shape index (κ1) is 14.2. The van der Waals surface area contributed by atoms with E-state index >= 15 is 0 Å². The molecule has 2 rings (SSSR count). The van der Waals surface area contributed by atoms with Gasteiger partial charge in [0.05, 0.1) is 5.25 Å². The van der Waals surface area contributed by atoms with Gasteiger partial charge in [-0.2, -0.15) is 0 Å². The van der Waals surface area contributed by atoms with Crippen LogP contribution in [0.5, 0.6) is 0 Å². The minimum atomic E-state index is 0.243. The predicted molar refractivity (Wildman–Crippen MR) is 77.7 cm³/mol. The lowest BCUT2D eigenvalue weighted by Gasteiger charge is -2.37. The Morgan fingerprint density at radius 3 is 2.56 bits per heavy atom. The Morgan fingerprint density at radius 1 is 1.28 bits per heavy atom. The molecule has 1 atom stereocenters. The van der Waals surface area contributed by atoms with Crippen LogP contribution in [0.1, 0.15) is 51.9 Å². The van der Waals surface area contributed by atoms with E-state index in [1.54, 1.807) is 0 Å². The van der Waals surface area contributed by atoms with Gasteiger partial charge in [0.15, 0.2) is 0 Å². The van der Waals surface area contributed by atoms with E-state index in [1.165, 1.54) is 6.42 Å². The third-order valence-corrected chi connectivity index (χ3v) is 5.50. The molecular formula is C14H26N2OS. The lowest BCUT2D eigenvalue weighted by molar-refractivity contribution is -0.133. The van der Waals surface area contributed by atoms with Gasteiger partial charge in [-0.25, -0.2) is 0 Å². The van der Waals surface area contributed by atoms with Crippen molar-refractivity contribution in [3.63, 3.8) is 0 Å². The van der Waals surface area contributed by atoms with Gasteiger partial charge in [-0.3, -0.25) is 4.79 Å². The highest BCUT2D eigenvalue weighted by molar-refractivity contribution is 8.00. The lowest BCUT2D eigenvalue weighted by Crippen LogP contribution is -2.47. The maximum absolute atomic E-state index is 12.6. The summed E-state index contributed by atoms with van der Waals surface area (Å²) in [6, 6.07) is 0.819. The molecule has 3 nitrogen and oxygen atoms in total. The molecule has 0 spiro atoms. The second kappa shape index (κ2) is 6.80. The summed E-state index contributed by atoms with van der Waals surface area (Å²) in [4.78, 5) is 14.8. The van der Waals surface area contributed by atoms with Crippen LogP contribution in [-0.4, -0.2) is 40.4 Å². The summed E-state index contributed by atoms with van der Waals surface area (Å²) in [6.45, 7) is 3.09. The summed E-state index contributed by atoms with van der Waals surface area (Å²) in [5, 5.41) is 0.243. The molecule has 0 aromatic rings. The first-order valence-electron chi connectivity index (χ1n) is 7.40. The molecule has 0 radical (unpaired) electrons. The number of hydrogen-bond acceptors (Lipinski definition) is 3. The highest BCUT2D eigenvalue weighted by Crippen LogP contribution is 2.30. The Morgan fingerprint density at radius 2 is 2.00 bits per heavy atom. The van der Waals surface area contributed by atoms with Crippen molar-refractivity contribution in [3.05, 3.63) is 0 Å². The zero-order valence-corrected chi connectivity index (χ0v) is 12.3. The predicted octanol–water partition coefficient (Wildman–Crippen LogP) is 2.39. The third-order valence-electron chi connectivity index (χ3n) is 4.13. The van der Waals surface area contributed by atoms with Gasteiger partial charge in [-0.1, -0.05) is 6.92 Å². The van der Waals surface area contributed by atoms with Crippen LogP contribution in [0.2, 0.25) is 0 Å². The number of carbonyl (C=O) groups is 1. The fourth-order valence-electron chi connectivity index (χ4n) is 3.08. The van der Waals surface area contributed by atoms with Crippen molar-refractivity contribution in [2.75, 3.05) is 12.3 Å². The summed E-state index contributed by atoms with van der Waals surface area (Å²) >= 11 is 1.85. The summed E-state index contributed by atoms with van der Waals surface area (Å²) in [5.41, 5.74) is 5.96. The number of nitrogens with two attached hydrogens (primary N) is 1. The van der Waals surface area contributed by atoms with Crippen LogP contribution >= 0.6 is 11.8 Å². The smallest absolute Gasteiger partial charge is 0.235 e. The molecule has 1 aliphatic carbocycles. The van der Waals surface area contributed by atoms with E-state index in [0.717, 1.165) is 50.8 Å². The van der Waals surface area contributed by atoms with Crippen LogP contribution in [-0.2, 0) is 4.79 Å². The van der Waals surface area contributed by atoms with E-state index in [1.807, 2.05) is 11.8 Å². The number of carbonyl (C=O) groups excluding carboxylic acids is 1. The summed E-state index contributed by atoms with van der Waals surface area (Å²) in [5.74, 6) is 1.56. The molecule has 4 heteroatoms. The van der Waals surface area contributed by atoms with Crippen LogP contribution in [0.3, 0.4) is 0 Å². The third kappa shape index (κ3) is 3.41. The maximum Gasteiger partial charge on any atom is 0.235 e. The largest absolute Gasteiger partial charge is 0.339 e. The fourth-order valence-corrected chi connectivity index (χ4v) is 4.31. The van der Waals surface area contributed by atoms with E-state index in [4.69, 9.17) is 5.73 Å². The van der Waals surface area contributed by atoms with Crippen LogP contribution in [0.25, 0.3) is 0 Å². The molecule has 18 heavy (non-hydrogen) atoms. The van der Waals surface area contributed by atoms with Gasteiger partial charge in [0.2, 0.25) is 5.91 Å². The fraction of sp³-hybridized carbons (Fsp3) is 0.929. The number of amides is 1. The first-order valence-corrected chi connectivity index (χ1v) is 8.45. The van der Waals surface area contributed by atoms with Gasteiger partial charge in [-0.15, -0.1) is 11.8 Å². The minimum Gasteiger partial charge on any atom is -0.339 e. The van der Waals surface area contributed by atoms with Crippen molar-refractivity contribution in [1.82, 2.24) is 4.90 Å². The second-order valence-electron chi connectivity index (χ2n) is 5.60. The lowest BCUT2D eigenvalue weighted by atomic mass is 9.90. The molecule has 2 N–H and O–H groups in total. The van der Waals surface area contributed by atoms with Crippen molar-refractivity contribution in [3.8, 4) is 0 Å². The van der Waals surface area contributed by atoms with E-state index in [2.05, 4.69) is 11.8 Å². The van der Waals surface area contributed by atoms with Gasteiger partial charge in [-0.05, 0) is 50.7 Å². The van der Waals surface area contributed by atoms with E-state index in [-0.39, 0.29) is 5.25 Å². The highest BCUT2D eigenvalue weighted by atomic mass is 32.2. The first-order chi connectivity index (χ1) is 8.72. The molecule has 0 aromatic carbocycles. The van der Waals surface area contributed by atoms with Crippen LogP contribution < -0.4 is 5.73 Å². The number of thioether (sulfide) groups is 1. The standard InChI is InChI=1S/C14H26N2OS/c1-2-9-16(12-7-5-11(15)6-8-12)14(17)13-4-3-10-18-13/h11-13H,2-10,15H2,1H3. The zero-order valence-electron chi connectivity index (χ0n) is 11.4. The van der Waals surface area contributed by atoms with Crippen LogP contribution in [0, 0.1) is 0 Å². The van der Waals surface area contributed by atoms with Crippen molar-refractivity contribution in [2.45, 2.75) is 69.2 Å². The molecule has 104 valence electrons. The average Bonchev–Trinajstić information content (AvgIpc) is 2.90. The Kier molecular flexibility index (Phi) is 5.37. The van der Waals surface area contributed by atoms with E-state index in [0.29, 0.717) is 18.0 Å². The van der Waals surface area contributed by atoms with Gasteiger partial charge < -0.3 is 10.6 Å². The van der Waals surface area contributed by atoms with E-state index in [9.17, 15) is 4.79 Å². The zero-order chi connectivity index (χ0) is 13.0. The molecule has 1 heterocycles. The van der Waals surface area contributed by atoms with Gasteiger partial charge in [0.1, 0.15) is 0 Å². The topological polar surface area (TPSA) is 46.3 Å². The van der Waals surface area contributed by atoms with Gasteiger partial charge in [0.25, 0.3) is 0 Å².